The lowest BCUT2D eigenvalue weighted by Gasteiger charge is -2.04. The predicted molar refractivity (Wildman–Crippen MR) is 46.6 cm³/mol. The zero-order valence-corrected chi connectivity index (χ0v) is 7.84. The zero-order valence-electron chi connectivity index (χ0n) is 7.09. The van der Waals surface area contributed by atoms with Gasteiger partial charge in [0.15, 0.2) is 5.82 Å². The molecule has 0 saturated heterocycles. The van der Waals surface area contributed by atoms with Crippen LogP contribution in [0.1, 0.15) is 0 Å². The van der Waals surface area contributed by atoms with Crippen LogP contribution < -0.4 is 4.74 Å². The Hall–Kier alpha value is -0.870. The smallest absolute Gasteiger partial charge is 0.250 e. The van der Waals surface area contributed by atoms with Crippen LogP contribution in [0.2, 0.25) is 5.02 Å². The van der Waals surface area contributed by atoms with Crippen molar-refractivity contribution in [2.75, 3.05) is 20.3 Å². The molecule has 1 heterocycles. The van der Waals surface area contributed by atoms with Gasteiger partial charge in [-0.15, -0.1) is 0 Å². The third kappa shape index (κ3) is 3.16. The van der Waals surface area contributed by atoms with Gasteiger partial charge < -0.3 is 9.47 Å². The van der Waals surface area contributed by atoms with Crippen molar-refractivity contribution in [3.05, 3.63) is 23.1 Å². The second-order valence-electron chi connectivity index (χ2n) is 2.28. The minimum absolute atomic E-state index is 0.0542. The molecule has 0 unspecified atom stereocenters. The summed E-state index contributed by atoms with van der Waals surface area (Å²) < 4.78 is 22.7. The summed E-state index contributed by atoms with van der Waals surface area (Å²) in [4.78, 5) is 3.66. The van der Waals surface area contributed by atoms with Crippen LogP contribution in [0, 0.1) is 5.82 Å². The average molecular weight is 206 g/mol. The summed E-state index contributed by atoms with van der Waals surface area (Å²) >= 11 is 5.50. The van der Waals surface area contributed by atoms with E-state index in [1.54, 1.807) is 0 Å². The maximum absolute atomic E-state index is 13.0. The number of aromatic nitrogens is 1. The number of pyridine rings is 1. The highest BCUT2D eigenvalue weighted by Crippen LogP contribution is 2.17. The fraction of sp³-hybridized carbons (Fsp3) is 0.375. The van der Waals surface area contributed by atoms with Crippen LogP contribution in [0.15, 0.2) is 12.3 Å². The van der Waals surface area contributed by atoms with Gasteiger partial charge in [-0.2, -0.15) is 0 Å². The Labute approximate surface area is 80.4 Å². The Bertz CT molecular complexity index is 283. The summed E-state index contributed by atoms with van der Waals surface area (Å²) in [5.41, 5.74) is 0. The van der Waals surface area contributed by atoms with Gasteiger partial charge in [-0.3, -0.25) is 0 Å². The lowest BCUT2D eigenvalue weighted by Crippen LogP contribution is -2.06. The van der Waals surface area contributed by atoms with Crippen molar-refractivity contribution in [3.8, 4) is 5.88 Å². The van der Waals surface area contributed by atoms with Gasteiger partial charge in [0.05, 0.1) is 11.6 Å². The van der Waals surface area contributed by atoms with Gasteiger partial charge in [0.1, 0.15) is 6.61 Å². The van der Waals surface area contributed by atoms with E-state index in [0.29, 0.717) is 6.61 Å². The van der Waals surface area contributed by atoms with E-state index < -0.39 is 5.82 Å². The van der Waals surface area contributed by atoms with E-state index in [-0.39, 0.29) is 17.5 Å². The second kappa shape index (κ2) is 4.99. The molecule has 1 rings (SSSR count). The number of rotatable bonds is 4. The van der Waals surface area contributed by atoms with E-state index in [4.69, 9.17) is 21.1 Å². The van der Waals surface area contributed by atoms with E-state index in [1.807, 2.05) is 0 Å². The molecule has 0 aliphatic rings. The highest BCUT2D eigenvalue weighted by Gasteiger charge is 2.04. The molecule has 1 aromatic rings. The van der Waals surface area contributed by atoms with E-state index in [0.717, 1.165) is 6.07 Å². The van der Waals surface area contributed by atoms with Crippen molar-refractivity contribution < 1.29 is 13.9 Å². The molecular weight excluding hydrogens is 197 g/mol. The molecule has 3 nitrogen and oxygen atoms in total. The Morgan fingerprint density at radius 1 is 1.54 bits per heavy atom. The molecule has 0 saturated carbocycles. The largest absolute Gasteiger partial charge is 0.473 e. The standard InChI is InChI=1S/C8H9ClFNO2/c1-12-2-3-13-8-7(10)4-6(9)5-11-8/h4-5H,2-3H2,1H3. The summed E-state index contributed by atoms with van der Waals surface area (Å²) in [6, 6.07) is 1.15. The van der Waals surface area contributed by atoms with Gasteiger partial charge in [-0.25, -0.2) is 9.37 Å². The minimum atomic E-state index is -0.566. The van der Waals surface area contributed by atoms with Gasteiger partial charge >= 0.3 is 0 Å². The number of hydrogen-bond acceptors (Lipinski definition) is 3. The molecule has 0 aromatic carbocycles. The molecule has 0 bridgehead atoms. The van der Waals surface area contributed by atoms with Crippen molar-refractivity contribution >= 4 is 11.6 Å². The van der Waals surface area contributed by atoms with Crippen LogP contribution in [0.5, 0.6) is 5.88 Å². The van der Waals surface area contributed by atoms with E-state index in [2.05, 4.69) is 4.98 Å². The van der Waals surface area contributed by atoms with Crippen LogP contribution in [0.25, 0.3) is 0 Å². The SMILES string of the molecule is COCCOc1ncc(Cl)cc1F. The molecule has 1 aromatic heterocycles. The fourth-order valence-corrected chi connectivity index (χ4v) is 0.874. The highest BCUT2D eigenvalue weighted by atomic mass is 35.5. The Balaban J connectivity index is 2.56. The number of methoxy groups -OCH3 is 1. The van der Waals surface area contributed by atoms with E-state index >= 15 is 0 Å². The van der Waals surface area contributed by atoms with Crippen molar-refractivity contribution in [1.29, 1.82) is 0 Å². The predicted octanol–water partition coefficient (Wildman–Crippen LogP) is 1.90. The highest BCUT2D eigenvalue weighted by molar-refractivity contribution is 6.30. The normalized spacial score (nSPS) is 10.1. The van der Waals surface area contributed by atoms with Gasteiger partial charge in [0, 0.05) is 13.3 Å². The van der Waals surface area contributed by atoms with Crippen molar-refractivity contribution in [2.45, 2.75) is 0 Å². The molecule has 0 aliphatic carbocycles. The lowest BCUT2D eigenvalue weighted by atomic mass is 10.4. The molecule has 5 heteroatoms. The summed E-state index contributed by atoms with van der Waals surface area (Å²) in [7, 11) is 1.54. The third-order valence-corrected chi connectivity index (χ3v) is 1.51. The van der Waals surface area contributed by atoms with Crippen LogP contribution in [0.4, 0.5) is 4.39 Å². The summed E-state index contributed by atoms with van der Waals surface area (Å²) in [5, 5.41) is 0.247. The molecule has 0 fully saturated rings. The number of ether oxygens (including phenoxy) is 2. The number of halogens is 2. The van der Waals surface area contributed by atoms with Crippen molar-refractivity contribution in [2.24, 2.45) is 0 Å². The molecule has 0 atom stereocenters. The van der Waals surface area contributed by atoms with Crippen LogP contribution in [-0.2, 0) is 4.74 Å². The van der Waals surface area contributed by atoms with E-state index in [9.17, 15) is 4.39 Å². The average Bonchev–Trinajstić information content (AvgIpc) is 2.09. The fourth-order valence-electron chi connectivity index (χ4n) is 0.730. The van der Waals surface area contributed by atoms with Crippen molar-refractivity contribution in [3.63, 3.8) is 0 Å². The molecule has 72 valence electrons. The number of nitrogens with zero attached hydrogens (tertiary/aromatic N) is 1. The molecule has 0 amide bonds. The first-order valence-corrected chi connectivity index (χ1v) is 4.04. The Kier molecular flexibility index (Phi) is 3.92. The van der Waals surface area contributed by atoms with Crippen LogP contribution >= 0.6 is 11.6 Å². The van der Waals surface area contributed by atoms with Crippen LogP contribution in [-0.4, -0.2) is 25.3 Å². The van der Waals surface area contributed by atoms with Crippen LogP contribution in [0.3, 0.4) is 0 Å². The topological polar surface area (TPSA) is 31.4 Å². The monoisotopic (exact) mass is 205 g/mol. The molecule has 0 aliphatic heterocycles. The molecule has 13 heavy (non-hydrogen) atoms. The maximum atomic E-state index is 13.0. The van der Waals surface area contributed by atoms with E-state index in [1.165, 1.54) is 13.3 Å². The first-order chi connectivity index (χ1) is 6.24. The van der Waals surface area contributed by atoms with Crippen molar-refractivity contribution in [1.82, 2.24) is 4.98 Å². The summed E-state index contributed by atoms with van der Waals surface area (Å²) in [6.07, 6.45) is 1.33. The molecular formula is C8H9ClFNO2. The maximum Gasteiger partial charge on any atom is 0.250 e. The second-order valence-corrected chi connectivity index (χ2v) is 2.72. The van der Waals surface area contributed by atoms with Gasteiger partial charge in [0.25, 0.3) is 5.88 Å². The quantitative estimate of drug-likeness (QED) is 0.704. The third-order valence-electron chi connectivity index (χ3n) is 1.30. The lowest BCUT2D eigenvalue weighted by molar-refractivity contribution is 0.141. The Morgan fingerprint density at radius 2 is 2.31 bits per heavy atom. The van der Waals surface area contributed by atoms with Gasteiger partial charge in [0.2, 0.25) is 0 Å². The molecule has 0 radical (unpaired) electrons. The van der Waals surface area contributed by atoms with Gasteiger partial charge in [-0.1, -0.05) is 11.6 Å². The first kappa shape index (κ1) is 10.2. The first-order valence-electron chi connectivity index (χ1n) is 3.67. The van der Waals surface area contributed by atoms with Gasteiger partial charge in [-0.05, 0) is 6.07 Å². The zero-order chi connectivity index (χ0) is 9.68. The summed E-state index contributed by atoms with van der Waals surface area (Å²) in [5.74, 6) is -0.620. The minimum Gasteiger partial charge on any atom is -0.473 e. The molecule has 0 N–H and O–H groups in total. The summed E-state index contributed by atoms with van der Waals surface area (Å²) in [6.45, 7) is 0.659. The number of hydrogen-bond donors (Lipinski definition) is 0. The molecule has 0 spiro atoms. The Morgan fingerprint density at radius 3 is 2.92 bits per heavy atom.